The second-order valence-corrected chi connectivity index (χ2v) is 6.70. The maximum absolute atomic E-state index is 6.47. The Balaban J connectivity index is 1.89. The van der Waals surface area contributed by atoms with Gasteiger partial charge in [0.05, 0.1) is 6.04 Å². The minimum atomic E-state index is 0.199. The smallest absolute Gasteiger partial charge is 0.0510 e. The van der Waals surface area contributed by atoms with Crippen LogP contribution in [0, 0.1) is 0 Å². The van der Waals surface area contributed by atoms with Gasteiger partial charge in [-0.1, -0.05) is 31.2 Å². The number of hydrogen-bond acceptors (Lipinski definition) is 3. The summed E-state index contributed by atoms with van der Waals surface area (Å²) in [6.07, 6.45) is 3.41. The van der Waals surface area contributed by atoms with E-state index >= 15 is 0 Å². The van der Waals surface area contributed by atoms with E-state index < -0.39 is 0 Å². The number of nitrogens with zero attached hydrogens (tertiary/aromatic N) is 1. The molecule has 0 fully saturated rings. The Kier molecular flexibility index (Phi) is 4.73. The van der Waals surface area contributed by atoms with Crippen molar-refractivity contribution in [2.24, 2.45) is 5.73 Å². The van der Waals surface area contributed by atoms with E-state index in [1.807, 2.05) is 0 Å². The van der Waals surface area contributed by atoms with Gasteiger partial charge in [0, 0.05) is 12.6 Å². The number of fused-ring (bicyclic) bond motifs is 1. The Bertz CT molecular complexity index is 564. The monoisotopic (exact) mass is 300 g/mol. The van der Waals surface area contributed by atoms with Crippen LogP contribution in [0.15, 0.2) is 41.1 Å². The van der Waals surface area contributed by atoms with E-state index in [-0.39, 0.29) is 6.04 Å². The molecule has 0 saturated carbocycles. The van der Waals surface area contributed by atoms with E-state index in [9.17, 15) is 0 Å². The highest BCUT2D eigenvalue weighted by molar-refractivity contribution is 7.07. The van der Waals surface area contributed by atoms with Crippen molar-refractivity contribution in [3.63, 3.8) is 0 Å². The fourth-order valence-corrected chi connectivity index (χ4v) is 4.05. The molecule has 1 aliphatic rings. The van der Waals surface area contributed by atoms with Gasteiger partial charge in [-0.05, 0) is 59.3 Å². The first kappa shape index (κ1) is 14.8. The van der Waals surface area contributed by atoms with Crippen molar-refractivity contribution < 1.29 is 0 Å². The Morgan fingerprint density at radius 3 is 2.76 bits per heavy atom. The molecule has 0 bridgehead atoms. The lowest BCUT2D eigenvalue weighted by Gasteiger charge is -2.34. The molecule has 1 aromatic carbocycles. The van der Waals surface area contributed by atoms with Crippen LogP contribution in [0.4, 0.5) is 0 Å². The van der Waals surface area contributed by atoms with Crippen LogP contribution in [0.2, 0.25) is 0 Å². The molecular formula is C18H24N2S. The quantitative estimate of drug-likeness (QED) is 0.925. The molecule has 112 valence electrons. The first-order valence-electron chi connectivity index (χ1n) is 7.88. The first-order valence-corrected chi connectivity index (χ1v) is 8.82. The van der Waals surface area contributed by atoms with Gasteiger partial charge in [-0.2, -0.15) is 11.3 Å². The molecule has 3 rings (SSSR count). The van der Waals surface area contributed by atoms with Gasteiger partial charge in [-0.3, -0.25) is 4.90 Å². The van der Waals surface area contributed by atoms with Crippen molar-refractivity contribution in [3.8, 4) is 0 Å². The van der Waals surface area contributed by atoms with Gasteiger partial charge in [-0.15, -0.1) is 0 Å². The molecule has 0 saturated heterocycles. The maximum atomic E-state index is 6.47. The summed E-state index contributed by atoms with van der Waals surface area (Å²) >= 11 is 1.77. The molecule has 21 heavy (non-hydrogen) atoms. The fraction of sp³-hybridized carbons (Fsp3) is 0.444. The molecule has 0 amide bonds. The van der Waals surface area contributed by atoms with Gasteiger partial charge in [-0.25, -0.2) is 0 Å². The van der Waals surface area contributed by atoms with Crippen molar-refractivity contribution in [2.75, 3.05) is 6.54 Å². The third-order valence-electron chi connectivity index (χ3n) is 4.54. The van der Waals surface area contributed by atoms with Crippen molar-refractivity contribution in [1.82, 2.24) is 4.90 Å². The van der Waals surface area contributed by atoms with E-state index in [1.165, 1.54) is 29.5 Å². The molecule has 2 N–H and O–H groups in total. The number of rotatable bonds is 4. The Labute approximate surface area is 131 Å². The van der Waals surface area contributed by atoms with Crippen LogP contribution in [-0.2, 0) is 13.0 Å². The zero-order chi connectivity index (χ0) is 14.7. The molecule has 0 spiro atoms. The third kappa shape index (κ3) is 3.20. The van der Waals surface area contributed by atoms with Crippen LogP contribution in [0.1, 0.15) is 42.5 Å². The normalized spacial score (nSPS) is 18.8. The molecule has 2 nitrogen and oxygen atoms in total. The van der Waals surface area contributed by atoms with Crippen LogP contribution in [0.5, 0.6) is 0 Å². The lowest BCUT2D eigenvalue weighted by molar-refractivity contribution is 0.163. The van der Waals surface area contributed by atoms with E-state index in [1.54, 1.807) is 11.3 Å². The Hall–Kier alpha value is -1.16. The number of nitrogens with two attached hydrogens (primary N) is 1. The van der Waals surface area contributed by atoms with Crippen LogP contribution in [0.3, 0.4) is 0 Å². The van der Waals surface area contributed by atoms with Crippen LogP contribution < -0.4 is 5.73 Å². The van der Waals surface area contributed by atoms with E-state index in [0.717, 1.165) is 19.5 Å². The van der Waals surface area contributed by atoms with Crippen LogP contribution >= 0.6 is 11.3 Å². The van der Waals surface area contributed by atoms with Crippen molar-refractivity contribution in [1.29, 1.82) is 0 Å². The summed E-state index contributed by atoms with van der Waals surface area (Å²) in [5, 5.41) is 4.42. The van der Waals surface area contributed by atoms with E-state index in [2.05, 4.69) is 52.9 Å². The highest BCUT2D eigenvalue weighted by Crippen LogP contribution is 2.31. The molecule has 1 aliphatic heterocycles. The molecule has 2 heterocycles. The van der Waals surface area contributed by atoms with Gasteiger partial charge in [0.2, 0.25) is 0 Å². The summed E-state index contributed by atoms with van der Waals surface area (Å²) < 4.78 is 0. The fourth-order valence-electron chi connectivity index (χ4n) is 3.36. The average molecular weight is 300 g/mol. The first-order chi connectivity index (χ1) is 10.3. The minimum absolute atomic E-state index is 0.199. The summed E-state index contributed by atoms with van der Waals surface area (Å²) in [5.41, 5.74) is 10.8. The van der Waals surface area contributed by atoms with E-state index in [4.69, 9.17) is 5.73 Å². The van der Waals surface area contributed by atoms with Gasteiger partial charge in [0.15, 0.2) is 0 Å². The van der Waals surface area contributed by atoms with Crippen molar-refractivity contribution in [2.45, 2.75) is 44.8 Å². The molecule has 1 aromatic heterocycles. The lowest BCUT2D eigenvalue weighted by Crippen LogP contribution is -2.40. The van der Waals surface area contributed by atoms with Gasteiger partial charge >= 0.3 is 0 Å². The lowest BCUT2D eigenvalue weighted by atomic mass is 9.98. The topological polar surface area (TPSA) is 29.3 Å². The molecule has 2 aromatic rings. The molecule has 2 unspecified atom stereocenters. The van der Waals surface area contributed by atoms with Crippen LogP contribution in [-0.4, -0.2) is 17.5 Å². The Morgan fingerprint density at radius 2 is 2.05 bits per heavy atom. The number of aryl methyl sites for hydroxylation is 1. The minimum Gasteiger partial charge on any atom is -0.326 e. The maximum Gasteiger partial charge on any atom is 0.0510 e. The molecule has 0 aliphatic carbocycles. The molecule has 0 radical (unpaired) electrons. The molecule has 2 atom stereocenters. The number of thiophene rings is 1. The second kappa shape index (κ2) is 6.73. The van der Waals surface area contributed by atoms with Gasteiger partial charge in [0.25, 0.3) is 0 Å². The summed E-state index contributed by atoms with van der Waals surface area (Å²) in [6.45, 7) is 4.34. The zero-order valence-electron chi connectivity index (χ0n) is 12.7. The Morgan fingerprint density at radius 1 is 1.24 bits per heavy atom. The SMILES string of the molecule is CCC(N)C(c1ccsc1)N1CCCc2ccccc2C1. The van der Waals surface area contributed by atoms with E-state index in [0.29, 0.717) is 6.04 Å². The van der Waals surface area contributed by atoms with Gasteiger partial charge < -0.3 is 5.73 Å². The summed E-state index contributed by atoms with van der Waals surface area (Å²) in [4.78, 5) is 2.59. The predicted molar refractivity (Wildman–Crippen MR) is 90.5 cm³/mol. The van der Waals surface area contributed by atoms with Crippen molar-refractivity contribution in [3.05, 3.63) is 57.8 Å². The summed E-state index contributed by atoms with van der Waals surface area (Å²) in [5.74, 6) is 0. The number of hydrogen-bond donors (Lipinski definition) is 1. The number of benzene rings is 1. The summed E-state index contributed by atoms with van der Waals surface area (Å²) in [7, 11) is 0. The third-order valence-corrected chi connectivity index (χ3v) is 5.24. The van der Waals surface area contributed by atoms with Crippen molar-refractivity contribution >= 4 is 11.3 Å². The highest BCUT2D eigenvalue weighted by Gasteiger charge is 2.27. The second-order valence-electron chi connectivity index (χ2n) is 5.92. The van der Waals surface area contributed by atoms with Gasteiger partial charge in [0.1, 0.15) is 0 Å². The largest absolute Gasteiger partial charge is 0.326 e. The van der Waals surface area contributed by atoms with Crippen LogP contribution in [0.25, 0.3) is 0 Å². The zero-order valence-corrected chi connectivity index (χ0v) is 13.5. The standard InChI is InChI=1S/C18H24N2S/c1-2-17(19)18(16-9-11-21-13-16)20-10-5-8-14-6-3-4-7-15(14)12-20/h3-4,6-7,9,11,13,17-18H,2,5,8,10,12,19H2,1H3. The molecular weight excluding hydrogens is 276 g/mol. The summed E-state index contributed by atoms with van der Waals surface area (Å²) in [6, 6.07) is 11.6. The average Bonchev–Trinajstić information content (AvgIpc) is 2.94. The predicted octanol–water partition coefficient (Wildman–Crippen LogP) is 3.97. The molecule has 3 heteroatoms. The highest BCUT2D eigenvalue weighted by atomic mass is 32.1.